The number of aliphatic hydroxyl groups is 1. The van der Waals surface area contributed by atoms with Gasteiger partial charge in [0, 0.05) is 73.4 Å². The Kier molecular flexibility index (Phi) is 22.4. The molecule has 464 valence electrons. The summed E-state index contributed by atoms with van der Waals surface area (Å²) in [5, 5.41) is 30.4. The molecule has 0 bridgehead atoms. The summed E-state index contributed by atoms with van der Waals surface area (Å²) < 4.78 is 28.3. The Hall–Kier alpha value is -8.41. The average molecular weight is 1260 g/mol. The Labute approximate surface area is 533 Å². The number of carbonyl (C=O) groups is 3. The minimum Gasteiger partial charge on any atom is -0.508 e. The minimum absolute atomic E-state index is 0.0121. The monoisotopic (exact) mass is 1260 g/mol. The number of aliphatic carboxylic acids is 1. The molecule has 6 aromatic carbocycles. The number of nitrogens with zero attached hydrogens (tertiary/aromatic N) is 6. The zero-order valence-electron chi connectivity index (χ0n) is 50.3. The third-order valence-corrected chi connectivity index (χ3v) is 16.8. The minimum atomic E-state index is -0.852. The smallest absolute Gasteiger partial charge is 0.306 e. The molecule has 3 aliphatic rings. The van der Waals surface area contributed by atoms with Gasteiger partial charge in [-0.2, -0.15) is 0 Å². The number of carboxylic acids is 1. The molecule has 16 nitrogen and oxygen atoms in total. The number of phenolic OH excluding ortho intramolecular Hbond substituents is 1. The summed E-state index contributed by atoms with van der Waals surface area (Å²) in [6.45, 7) is 4.33. The summed E-state index contributed by atoms with van der Waals surface area (Å²) in [5.74, 6) is 2.13. The number of aromatic nitrogens is 6. The first-order chi connectivity index (χ1) is 42.9. The molecule has 3 aromatic heterocycles. The standard InChI is InChI=1S/C24H25ClN2O3.C22H21ClN2O3.C15H18N2O3.C9H9ClO/c1-3-29-23(28)15-21(24-26-12-13-27(24)2)16-4-8-19(9-5-16)30-22-11-6-17-14-18(25)7-10-20(17)22;1-25-11-10-24-22(25)19(13-21(26)27)14-2-6-17(7-3-14)28-20-9-4-15-12-16(23)5-8-18(15)20;1-3-20-14(19)10-13(15-16-8-9-17(15)2)11-4-6-12(18)7-5-11;10-7-2-3-8-6(5-7)1-4-9(8)11/h4-5,7-10,12-14,21-22H,3,6,11,15H2,1-2H3;2-3,5-8,10-12,19-20H,4,9,13H2,1H3,(H,26,27);4-9,13,18H,3,10H2,1-2H3;2-3,5,9,11H,1,4H2/t21-,22?;19-,20?;13-;/m000./s1. The van der Waals surface area contributed by atoms with E-state index >= 15 is 0 Å². The highest BCUT2D eigenvalue weighted by molar-refractivity contribution is 6.31. The summed E-state index contributed by atoms with van der Waals surface area (Å²) in [7, 11) is 5.70. The maximum atomic E-state index is 12.2. The summed E-state index contributed by atoms with van der Waals surface area (Å²) in [5.41, 5.74) is 9.97. The lowest BCUT2D eigenvalue weighted by molar-refractivity contribution is -0.144. The van der Waals surface area contributed by atoms with Crippen molar-refractivity contribution in [2.75, 3.05) is 13.2 Å². The van der Waals surface area contributed by atoms with Crippen LogP contribution in [0, 0.1) is 0 Å². The van der Waals surface area contributed by atoms with Crippen molar-refractivity contribution in [1.82, 2.24) is 28.7 Å². The van der Waals surface area contributed by atoms with Gasteiger partial charge >= 0.3 is 17.9 Å². The number of carbonyl (C=O) groups excluding carboxylic acids is 2. The molecule has 6 atom stereocenters. The van der Waals surface area contributed by atoms with Crippen LogP contribution in [0.3, 0.4) is 0 Å². The van der Waals surface area contributed by atoms with Crippen molar-refractivity contribution < 1.29 is 48.7 Å². The molecule has 12 rings (SSSR count). The predicted octanol–water partition coefficient (Wildman–Crippen LogP) is 14.5. The van der Waals surface area contributed by atoms with Gasteiger partial charge in [-0.25, -0.2) is 15.0 Å². The van der Waals surface area contributed by atoms with E-state index in [1.807, 2.05) is 157 Å². The molecule has 0 saturated carbocycles. The van der Waals surface area contributed by atoms with Crippen molar-refractivity contribution >= 4 is 52.7 Å². The molecule has 19 heteroatoms. The highest BCUT2D eigenvalue weighted by atomic mass is 35.5. The van der Waals surface area contributed by atoms with Gasteiger partial charge in [0.1, 0.15) is 46.9 Å². The number of carboxylic acid groups (broad SMARTS) is 1. The van der Waals surface area contributed by atoms with Crippen molar-refractivity contribution in [3.05, 3.63) is 247 Å². The number of aryl methyl sites for hydroxylation is 6. The molecule has 0 fully saturated rings. The lowest BCUT2D eigenvalue weighted by atomic mass is 9.94. The normalized spacial score (nSPS) is 16.1. The molecule has 3 heterocycles. The summed E-state index contributed by atoms with van der Waals surface area (Å²) in [6.07, 6.45) is 16.5. The second-order valence-corrected chi connectivity index (χ2v) is 23.4. The lowest BCUT2D eigenvalue weighted by Gasteiger charge is -2.18. The molecule has 0 amide bonds. The van der Waals surface area contributed by atoms with Crippen LogP contribution in [0.2, 0.25) is 15.1 Å². The van der Waals surface area contributed by atoms with Gasteiger partial charge in [0.15, 0.2) is 0 Å². The van der Waals surface area contributed by atoms with Gasteiger partial charge in [-0.15, -0.1) is 0 Å². The van der Waals surface area contributed by atoms with Gasteiger partial charge in [-0.05, 0) is 175 Å². The second-order valence-electron chi connectivity index (χ2n) is 22.1. The first-order valence-electron chi connectivity index (χ1n) is 29.7. The van der Waals surface area contributed by atoms with Crippen molar-refractivity contribution in [2.24, 2.45) is 21.1 Å². The van der Waals surface area contributed by atoms with Gasteiger partial charge < -0.3 is 48.0 Å². The Balaban J connectivity index is 0.000000148. The third kappa shape index (κ3) is 17.1. The molecular formula is C70H73Cl3N6O10. The predicted molar refractivity (Wildman–Crippen MR) is 342 cm³/mol. The summed E-state index contributed by atoms with van der Waals surface area (Å²) in [6, 6.07) is 40.0. The molecule has 3 unspecified atom stereocenters. The van der Waals surface area contributed by atoms with Gasteiger partial charge in [0.05, 0.1) is 56.3 Å². The molecule has 0 spiro atoms. The fraction of sp³-hybridized carbons (Fsp3) is 0.314. The number of benzene rings is 6. The molecule has 3 aliphatic carbocycles. The van der Waals surface area contributed by atoms with Crippen LogP contribution in [0.25, 0.3) is 0 Å². The van der Waals surface area contributed by atoms with E-state index in [0.717, 1.165) is 105 Å². The van der Waals surface area contributed by atoms with Crippen LogP contribution >= 0.6 is 34.8 Å². The maximum absolute atomic E-state index is 12.2. The van der Waals surface area contributed by atoms with E-state index in [1.54, 1.807) is 49.8 Å². The Morgan fingerprint density at radius 3 is 1.21 bits per heavy atom. The lowest BCUT2D eigenvalue weighted by Crippen LogP contribution is -2.15. The molecule has 3 N–H and O–H groups in total. The number of ether oxygens (including phenoxy) is 4. The number of halogens is 3. The van der Waals surface area contributed by atoms with E-state index in [-0.39, 0.29) is 73.0 Å². The van der Waals surface area contributed by atoms with E-state index in [9.17, 15) is 29.7 Å². The fourth-order valence-electron chi connectivity index (χ4n) is 11.7. The number of imidazole rings is 3. The topological polar surface area (TPSA) is 202 Å². The molecule has 9 aromatic rings. The first-order valence-corrected chi connectivity index (χ1v) is 30.9. The quantitative estimate of drug-likeness (QED) is 0.0686. The van der Waals surface area contributed by atoms with Crippen LogP contribution in [-0.4, -0.2) is 75.1 Å². The van der Waals surface area contributed by atoms with Crippen molar-refractivity contribution in [3.63, 3.8) is 0 Å². The number of aliphatic hydroxyl groups excluding tert-OH is 1. The zero-order chi connectivity index (χ0) is 63.1. The third-order valence-electron chi connectivity index (χ3n) is 16.1. The number of fused-ring (bicyclic) bond motifs is 3. The van der Waals surface area contributed by atoms with E-state index in [1.165, 1.54) is 27.8 Å². The first kappa shape index (κ1) is 65.0. The largest absolute Gasteiger partial charge is 0.508 e. The molecule has 0 saturated heterocycles. The molecule has 0 radical (unpaired) electrons. The summed E-state index contributed by atoms with van der Waals surface area (Å²) >= 11 is 18.0. The molecular weight excluding hydrogens is 1190 g/mol. The van der Waals surface area contributed by atoms with Crippen molar-refractivity contribution in [1.29, 1.82) is 0 Å². The highest BCUT2D eigenvalue weighted by Crippen LogP contribution is 2.40. The summed E-state index contributed by atoms with van der Waals surface area (Å²) in [4.78, 5) is 48.4. The van der Waals surface area contributed by atoms with E-state index in [4.69, 9.17) is 53.8 Å². The van der Waals surface area contributed by atoms with E-state index in [2.05, 4.69) is 21.0 Å². The number of hydrogen-bond acceptors (Lipinski definition) is 12. The fourth-order valence-corrected chi connectivity index (χ4v) is 12.2. The Bertz CT molecular complexity index is 3830. The average Bonchev–Trinajstić information content (AvgIpc) is 2.59. The number of hydrogen-bond donors (Lipinski definition) is 3. The maximum Gasteiger partial charge on any atom is 0.306 e. The van der Waals surface area contributed by atoms with Crippen LogP contribution in [0.15, 0.2) is 165 Å². The van der Waals surface area contributed by atoms with Gasteiger partial charge in [-0.3, -0.25) is 14.4 Å². The van der Waals surface area contributed by atoms with E-state index in [0.29, 0.717) is 13.2 Å². The van der Waals surface area contributed by atoms with E-state index < -0.39 is 5.97 Å². The van der Waals surface area contributed by atoms with Crippen LogP contribution < -0.4 is 9.47 Å². The number of aromatic hydroxyl groups is 1. The molecule has 89 heavy (non-hydrogen) atoms. The second kappa shape index (κ2) is 30.7. The zero-order valence-corrected chi connectivity index (χ0v) is 52.6. The number of esters is 2. The molecule has 0 aliphatic heterocycles. The van der Waals surface area contributed by atoms with Gasteiger partial charge in [0.25, 0.3) is 0 Å². The van der Waals surface area contributed by atoms with Gasteiger partial charge in [-0.1, -0.05) is 89.4 Å². The number of rotatable bonds is 18. The van der Waals surface area contributed by atoms with Crippen molar-refractivity contribution in [3.8, 4) is 17.2 Å². The van der Waals surface area contributed by atoms with Crippen LogP contribution in [0.4, 0.5) is 0 Å². The number of phenols is 1. The Morgan fingerprint density at radius 1 is 0.506 bits per heavy atom. The Morgan fingerprint density at radius 2 is 0.854 bits per heavy atom. The highest BCUT2D eigenvalue weighted by Gasteiger charge is 2.29. The SMILES string of the molecule is CCOC(=O)C[C@@H](c1ccc(O)cc1)c1nccn1C.CCOC(=O)C[C@@H](c1ccc(OC2CCc3cc(Cl)ccc32)cc1)c1nccn1C.Cn1ccnc1[C@@H](CC(=O)O)c1ccc(OC2CCc3cc(Cl)ccc32)cc1.OC1CCc2cc(Cl)ccc21. The van der Waals surface area contributed by atoms with Crippen LogP contribution in [0.5, 0.6) is 17.2 Å². The van der Waals surface area contributed by atoms with Crippen LogP contribution in [0.1, 0.15) is 156 Å². The van der Waals surface area contributed by atoms with Crippen molar-refractivity contribution in [2.45, 2.75) is 108 Å². The van der Waals surface area contributed by atoms with Gasteiger partial charge in [0.2, 0.25) is 0 Å². The van der Waals surface area contributed by atoms with Crippen LogP contribution in [-0.2, 0) is 64.3 Å².